The van der Waals surface area contributed by atoms with Gasteiger partial charge in [0.1, 0.15) is 0 Å². The molecule has 16 heavy (non-hydrogen) atoms. The highest BCUT2D eigenvalue weighted by molar-refractivity contribution is 4.87. The van der Waals surface area contributed by atoms with Gasteiger partial charge in [0, 0.05) is 18.6 Å². The Morgan fingerprint density at radius 3 is 2.56 bits per heavy atom. The summed E-state index contributed by atoms with van der Waals surface area (Å²) < 4.78 is 0. The highest BCUT2D eigenvalue weighted by Gasteiger charge is 2.30. The fraction of sp³-hybridized carbons (Fsp3) is 1.00. The minimum Gasteiger partial charge on any atom is -0.315 e. The summed E-state index contributed by atoms with van der Waals surface area (Å²) in [5, 5.41) is 3.54. The van der Waals surface area contributed by atoms with Crippen molar-refractivity contribution in [2.24, 2.45) is 0 Å². The highest BCUT2D eigenvalue weighted by Crippen LogP contribution is 2.27. The van der Waals surface area contributed by atoms with Crippen molar-refractivity contribution in [3.63, 3.8) is 0 Å². The van der Waals surface area contributed by atoms with Crippen molar-refractivity contribution in [3.05, 3.63) is 0 Å². The van der Waals surface area contributed by atoms with E-state index in [9.17, 15) is 0 Å². The van der Waals surface area contributed by atoms with Crippen molar-refractivity contribution >= 4 is 0 Å². The first kappa shape index (κ1) is 13.9. The molecule has 0 bridgehead atoms. The third-order valence-electron chi connectivity index (χ3n) is 3.59. The number of likely N-dealkylation sites (tertiary alicyclic amines) is 1. The summed E-state index contributed by atoms with van der Waals surface area (Å²) in [6, 6.07) is 0. The van der Waals surface area contributed by atoms with Crippen molar-refractivity contribution in [2.75, 3.05) is 46.8 Å². The Balaban J connectivity index is 1.99. The van der Waals surface area contributed by atoms with Crippen LogP contribution in [-0.2, 0) is 0 Å². The molecule has 0 saturated carbocycles. The average Bonchev–Trinajstić information content (AvgIpc) is 2.51. The van der Waals surface area contributed by atoms with E-state index >= 15 is 0 Å². The molecule has 0 aromatic rings. The van der Waals surface area contributed by atoms with Gasteiger partial charge in [0.2, 0.25) is 0 Å². The van der Waals surface area contributed by atoms with Crippen molar-refractivity contribution in [1.29, 1.82) is 0 Å². The fourth-order valence-corrected chi connectivity index (χ4v) is 2.44. The van der Waals surface area contributed by atoms with Gasteiger partial charge in [0.25, 0.3) is 0 Å². The molecule has 1 fully saturated rings. The van der Waals surface area contributed by atoms with Crippen molar-refractivity contribution in [1.82, 2.24) is 15.1 Å². The topological polar surface area (TPSA) is 18.5 Å². The molecule has 0 aromatic heterocycles. The maximum Gasteiger partial charge on any atom is 0.0154 e. The third kappa shape index (κ3) is 4.81. The lowest BCUT2D eigenvalue weighted by Crippen LogP contribution is -2.42. The third-order valence-corrected chi connectivity index (χ3v) is 3.59. The Labute approximate surface area is 101 Å². The number of hydrogen-bond donors (Lipinski definition) is 1. The molecule has 0 amide bonds. The predicted molar refractivity (Wildman–Crippen MR) is 70.9 cm³/mol. The van der Waals surface area contributed by atoms with Gasteiger partial charge in [-0.25, -0.2) is 0 Å². The van der Waals surface area contributed by atoms with Gasteiger partial charge in [-0.05, 0) is 66.8 Å². The quantitative estimate of drug-likeness (QED) is 0.663. The molecule has 96 valence electrons. The van der Waals surface area contributed by atoms with Crippen molar-refractivity contribution in [3.8, 4) is 0 Å². The lowest BCUT2D eigenvalue weighted by atomic mass is 10.0. The lowest BCUT2D eigenvalue weighted by Gasteiger charge is -2.31. The van der Waals surface area contributed by atoms with E-state index in [4.69, 9.17) is 0 Å². The van der Waals surface area contributed by atoms with Crippen LogP contribution in [0.4, 0.5) is 0 Å². The van der Waals surface area contributed by atoms with Crippen molar-refractivity contribution in [2.45, 2.75) is 38.6 Å². The van der Waals surface area contributed by atoms with Crippen molar-refractivity contribution < 1.29 is 0 Å². The largest absolute Gasteiger partial charge is 0.315 e. The second-order valence-corrected chi connectivity index (χ2v) is 5.81. The van der Waals surface area contributed by atoms with Gasteiger partial charge in [-0.3, -0.25) is 4.90 Å². The predicted octanol–water partition coefficient (Wildman–Crippen LogP) is 1.40. The molecule has 0 aliphatic carbocycles. The van der Waals surface area contributed by atoms with Crippen LogP contribution in [0, 0.1) is 0 Å². The zero-order valence-electron chi connectivity index (χ0n) is 11.6. The molecule has 0 spiro atoms. The average molecular weight is 227 g/mol. The van der Waals surface area contributed by atoms with Gasteiger partial charge < -0.3 is 10.2 Å². The molecular weight excluding hydrogens is 198 g/mol. The summed E-state index contributed by atoms with van der Waals surface area (Å²) in [5.41, 5.74) is 0.436. The summed E-state index contributed by atoms with van der Waals surface area (Å²) in [5.74, 6) is 0. The summed E-state index contributed by atoms with van der Waals surface area (Å²) in [4.78, 5) is 4.86. The van der Waals surface area contributed by atoms with Crippen LogP contribution < -0.4 is 5.32 Å². The molecule has 1 N–H and O–H groups in total. The standard InChI is InChI=1S/C13H29N3/c1-13(2)7-5-11-16(13)12-9-14-8-6-10-15(3)4/h14H,5-12H2,1-4H3. The number of rotatable bonds is 7. The Bertz CT molecular complexity index is 190. The summed E-state index contributed by atoms with van der Waals surface area (Å²) in [6.45, 7) is 10.7. The normalized spacial score (nSPS) is 20.8. The monoisotopic (exact) mass is 227 g/mol. The van der Waals surface area contributed by atoms with Crippen LogP contribution in [0.3, 0.4) is 0 Å². The van der Waals surface area contributed by atoms with Crippen LogP contribution in [0.5, 0.6) is 0 Å². The Morgan fingerprint density at radius 1 is 1.25 bits per heavy atom. The van der Waals surface area contributed by atoms with Crippen LogP contribution in [0.1, 0.15) is 33.1 Å². The molecule has 0 unspecified atom stereocenters. The molecular formula is C13H29N3. The summed E-state index contributed by atoms with van der Waals surface area (Å²) in [6.07, 6.45) is 3.97. The fourth-order valence-electron chi connectivity index (χ4n) is 2.44. The second-order valence-electron chi connectivity index (χ2n) is 5.81. The van der Waals surface area contributed by atoms with E-state index in [1.54, 1.807) is 0 Å². The number of hydrogen-bond acceptors (Lipinski definition) is 3. The molecule has 0 aromatic carbocycles. The maximum absolute atomic E-state index is 3.54. The van der Waals surface area contributed by atoms with Gasteiger partial charge >= 0.3 is 0 Å². The Hall–Kier alpha value is -0.120. The van der Waals surface area contributed by atoms with Gasteiger partial charge in [-0.1, -0.05) is 0 Å². The molecule has 1 rings (SSSR count). The second kappa shape index (κ2) is 6.58. The van der Waals surface area contributed by atoms with Crippen LogP contribution >= 0.6 is 0 Å². The molecule has 1 aliphatic heterocycles. The Morgan fingerprint density at radius 2 is 2.00 bits per heavy atom. The molecule has 1 aliphatic rings. The number of nitrogens with one attached hydrogen (secondary N) is 1. The van der Waals surface area contributed by atoms with Gasteiger partial charge in [0.15, 0.2) is 0 Å². The van der Waals surface area contributed by atoms with E-state index in [2.05, 4.69) is 43.1 Å². The molecule has 3 nitrogen and oxygen atoms in total. The van der Waals surface area contributed by atoms with Crippen LogP contribution in [-0.4, -0.2) is 62.2 Å². The molecule has 0 atom stereocenters. The van der Waals surface area contributed by atoms with Crippen LogP contribution in [0.25, 0.3) is 0 Å². The van der Waals surface area contributed by atoms with E-state index < -0.39 is 0 Å². The lowest BCUT2D eigenvalue weighted by molar-refractivity contribution is 0.176. The first-order valence-electron chi connectivity index (χ1n) is 6.63. The zero-order valence-corrected chi connectivity index (χ0v) is 11.6. The molecule has 1 saturated heterocycles. The first-order chi connectivity index (χ1) is 7.52. The Kier molecular flexibility index (Phi) is 5.73. The summed E-state index contributed by atoms with van der Waals surface area (Å²) >= 11 is 0. The maximum atomic E-state index is 3.54. The summed E-state index contributed by atoms with van der Waals surface area (Å²) in [7, 11) is 4.26. The number of nitrogens with zero attached hydrogens (tertiary/aromatic N) is 2. The zero-order chi connectivity index (χ0) is 12.0. The molecule has 3 heteroatoms. The van der Waals surface area contributed by atoms with Crippen LogP contribution in [0.2, 0.25) is 0 Å². The van der Waals surface area contributed by atoms with E-state index in [1.807, 2.05) is 0 Å². The smallest absolute Gasteiger partial charge is 0.0154 e. The van der Waals surface area contributed by atoms with Gasteiger partial charge in [0.05, 0.1) is 0 Å². The highest BCUT2D eigenvalue weighted by atomic mass is 15.2. The van der Waals surface area contributed by atoms with E-state index in [0.717, 1.165) is 13.1 Å². The minimum absolute atomic E-state index is 0.436. The van der Waals surface area contributed by atoms with E-state index in [-0.39, 0.29) is 0 Å². The SMILES string of the molecule is CN(C)CCCNCCN1CCCC1(C)C. The van der Waals surface area contributed by atoms with Gasteiger partial charge in [-0.15, -0.1) is 0 Å². The molecule has 1 heterocycles. The first-order valence-corrected chi connectivity index (χ1v) is 6.63. The minimum atomic E-state index is 0.436. The molecule has 0 radical (unpaired) electrons. The van der Waals surface area contributed by atoms with E-state index in [1.165, 1.54) is 38.9 Å². The van der Waals surface area contributed by atoms with Gasteiger partial charge in [-0.2, -0.15) is 0 Å². The van der Waals surface area contributed by atoms with Crippen LogP contribution in [0.15, 0.2) is 0 Å². The van der Waals surface area contributed by atoms with E-state index in [0.29, 0.717) is 5.54 Å².